The van der Waals surface area contributed by atoms with E-state index in [4.69, 9.17) is 4.74 Å². The molecule has 0 radical (unpaired) electrons. The first kappa shape index (κ1) is 11.8. The van der Waals surface area contributed by atoms with Gasteiger partial charge in [0.2, 0.25) is 0 Å². The van der Waals surface area contributed by atoms with Crippen LogP contribution in [-0.2, 0) is 6.42 Å². The van der Waals surface area contributed by atoms with Gasteiger partial charge in [-0.1, -0.05) is 0 Å². The molecule has 0 fully saturated rings. The third kappa shape index (κ3) is 2.71. The average Bonchev–Trinajstić information content (AvgIpc) is 2.70. The van der Waals surface area contributed by atoms with Crippen molar-refractivity contribution in [2.45, 2.75) is 29.4 Å². The zero-order chi connectivity index (χ0) is 11.4. The smallest absolute Gasteiger partial charge is 0.119 e. The lowest BCUT2D eigenvalue weighted by atomic mass is 10.1. The van der Waals surface area contributed by atoms with Crippen molar-refractivity contribution in [3.63, 3.8) is 0 Å². The van der Waals surface area contributed by atoms with Crippen molar-refractivity contribution in [1.82, 2.24) is 5.32 Å². The highest BCUT2D eigenvalue weighted by Crippen LogP contribution is 2.40. The molecule has 88 valence electrons. The summed E-state index contributed by atoms with van der Waals surface area (Å²) in [4.78, 5) is 1.44. The summed E-state index contributed by atoms with van der Waals surface area (Å²) >= 11 is 2.02. The summed E-state index contributed by atoms with van der Waals surface area (Å²) in [5.74, 6) is 0.982. The molecule has 1 aliphatic rings. The number of ether oxygens (including phenoxy) is 1. The van der Waals surface area contributed by atoms with Crippen LogP contribution in [0.4, 0.5) is 0 Å². The highest BCUT2D eigenvalue weighted by molar-refractivity contribution is 8.00. The zero-order valence-corrected chi connectivity index (χ0v) is 10.8. The molecule has 0 bridgehead atoms. The Kier molecular flexibility index (Phi) is 4.13. The van der Waals surface area contributed by atoms with Gasteiger partial charge in [0.05, 0.1) is 7.11 Å². The maximum Gasteiger partial charge on any atom is 0.119 e. The van der Waals surface area contributed by atoms with Crippen LogP contribution in [0.1, 0.15) is 18.4 Å². The minimum absolute atomic E-state index is 0.760. The van der Waals surface area contributed by atoms with E-state index < -0.39 is 0 Å². The molecule has 0 saturated carbocycles. The van der Waals surface area contributed by atoms with Crippen LogP contribution in [0, 0.1) is 0 Å². The van der Waals surface area contributed by atoms with Gasteiger partial charge >= 0.3 is 0 Å². The Morgan fingerprint density at radius 3 is 3.12 bits per heavy atom. The fraction of sp³-hybridized carbons (Fsp3) is 0.538. The zero-order valence-electron chi connectivity index (χ0n) is 9.95. The Balaban J connectivity index is 1.93. The molecule has 1 unspecified atom stereocenters. The predicted molar refractivity (Wildman–Crippen MR) is 69.5 cm³/mol. The second-order valence-corrected chi connectivity index (χ2v) is 5.51. The molecule has 1 atom stereocenters. The monoisotopic (exact) mass is 237 g/mol. The number of fused-ring (bicyclic) bond motifs is 1. The minimum atomic E-state index is 0.760. The number of hydrogen-bond acceptors (Lipinski definition) is 3. The van der Waals surface area contributed by atoms with E-state index in [2.05, 4.69) is 23.5 Å². The Morgan fingerprint density at radius 2 is 2.38 bits per heavy atom. The molecular weight excluding hydrogens is 218 g/mol. The summed E-state index contributed by atoms with van der Waals surface area (Å²) in [5.41, 5.74) is 1.46. The van der Waals surface area contributed by atoms with E-state index in [1.807, 2.05) is 18.8 Å². The highest BCUT2D eigenvalue weighted by Gasteiger charge is 2.21. The average molecular weight is 237 g/mol. The maximum atomic E-state index is 5.25. The number of rotatable bonds is 5. The van der Waals surface area contributed by atoms with Crippen molar-refractivity contribution in [3.05, 3.63) is 23.8 Å². The molecule has 0 spiro atoms. The number of hydrogen-bond donors (Lipinski definition) is 1. The van der Waals surface area contributed by atoms with Crippen molar-refractivity contribution >= 4 is 11.8 Å². The quantitative estimate of drug-likeness (QED) is 0.796. The summed E-state index contributed by atoms with van der Waals surface area (Å²) in [7, 11) is 3.75. The molecule has 0 saturated heterocycles. The van der Waals surface area contributed by atoms with Gasteiger partial charge in [-0.05, 0) is 56.6 Å². The molecule has 1 N–H and O–H groups in total. The van der Waals surface area contributed by atoms with Gasteiger partial charge in [0.25, 0.3) is 0 Å². The normalized spacial score (nSPS) is 18.5. The first-order valence-electron chi connectivity index (χ1n) is 5.81. The van der Waals surface area contributed by atoms with Gasteiger partial charge in [-0.25, -0.2) is 0 Å². The summed E-state index contributed by atoms with van der Waals surface area (Å²) in [6, 6.07) is 6.43. The number of thioether (sulfide) groups is 1. The Labute approximate surface area is 102 Å². The van der Waals surface area contributed by atoms with Gasteiger partial charge in [-0.15, -0.1) is 11.8 Å². The van der Waals surface area contributed by atoms with Crippen LogP contribution < -0.4 is 10.1 Å². The SMILES string of the molecule is CNCCCC1Cc2cc(OC)ccc2S1. The maximum absolute atomic E-state index is 5.25. The molecule has 3 heteroatoms. The lowest BCUT2D eigenvalue weighted by molar-refractivity contribution is 0.414. The van der Waals surface area contributed by atoms with E-state index in [-0.39, 0.29) is 0 Å². The van der Waals surface area contributed by atoms with Crippen molar-refractivity contribution in [2.75, 3.05) is 20.7 Å². The second kappa shape index (κ2) is 5.60. The van der Waals surface area contributed by atoms with Gasteiger partial charge < -0.3 is 10.1 Å². The molecule has 1 aromatic rings. The molecule has 1 aromatic carbocycles. The van der Waals surface area contributed by atoms with Gasteiger partial charge in [-0.3, -0.25) is 0 Å². The predicted octanol–water partition coefficient (Wildman–Crippen LogP) is 2.71. The summed E-state index contributed by atoms with van der Waals surface area (Å²) in [6.45, 7) is 1.12. The second-order valence-electron chi connectivity index (χ2n) is 4.16. The van der Waals surface area contributed by atoms with Crippen LogP contribution in [-0.4, -0.2) is 26.0 Å². The Bertz CT molecular complexity index is 354. The Hall–Kier alpha value is -0.670. The fourth-order valence-corrected chi connectivity index (χ4v) is 3.44. The van der Waals surface area contributed by atoms with Gasteiger partial charge in [0, 0.05) is 10.1 Å². The highest BCUT2D eigenvalue weighted by atomic mass is 32.2. The van der Waals surface area contributed by atoms with E-state index in [9.17, 15) is 0 Å². The van der Waals surface area contributed by atoms with Crippen LogP contribution >= 0.6 is 11.8 Å². The fourth-order valence-electron chi connectivity index (χ4n) is 2.09. The van der Waals surface area contributed by atoms with Crippen LogP contribution in [0.5, 0.6) is 5.75 Å². The van der Waals surface area contributed by atoms with E-state index in [0.29, 0.717) is 0 Å². The molecular formula is C13H19NOS. The molecule has 2 rings (SSSR count). The first-order valence-corrected chi connectivity index (χ1v) is 6.69. The lowest BCUT2D eigenvalue weighted by Gasteiger charge is -2.06. The summed E-state index contributed by atoms with van der Waals surface area (Å²) in [5, 5.41) is 3.96. The standard InChI is InChI=1S/C13H19NOS/c1-14-7-3-4-12-9-10-8-11(15-2)5-6-13(10)16-12/h5-6,8,12,14H,3-4,7,9H2,1-2H3. The summed E-state index contributed by atoms with van der Waals surface area (Å²) < 4.78 is 5.25. The van der Waals surface area contributed by atoms with Crippen molar-refractivity contribution in [3.8, 4) is 5.75 Å². The molecule has 1 heterocycles. The van der Waals surface area contributed by atoms with Crippen LogP contribution in [0.3, 0.4) is 0 Å². The van der Waals surface area contributed by atoms with Crippen LogP contribution in [0.25, 0.3) is 0 Å². The lowest BCUT2D eigenvalue weighted by Crippen LogP contribution is -2.10. The molecule has 2 nitrogen and oxygen atoms in total. The first-order chi connectivity index (χ1) is 7.83. The van der Waals surface area contributed by atoms with E-state index in [0.717, 1.165) is 17.5 Å². The van der Waals surface area contributed by atoms with E-state index >= 15 is 0 Å². The number of methoxy groups -OCH3 is 1. The van der Waals surface area contributed by atoms with Crippen molar-refractivity contribution in [1.29, 1.82) is 0 Å². The van der Waals surface area contributed by atoms with Gasteiger partial charge in [0.15, 0.2) is 0 Å². The molecule has 16 heavy (non-hydrogen) atoms. The van der Waals surface area contributed by atoms with Gasteiger partial charge in [-0.2, -0.15) is 0 Å². The van der Waals surface area contributed by atoms with Crippen LogP contribution in [0.15, 0.2) is 23.1 Å². The molecule has 0 aliphatic carbocycles. The Morgan fingerprint density at radius 1 is 1.50 bits per heavy atom. The van der Waals surface area contributed by atoms with Crippen LogP contribution in [0.2, 0.25) is 0 Å². The van der Waals surface area contributed by atoms with E-state index in [1.54, 1.807) is 7.11 Å². The molecule has 0 aromatic heterocycles. The van der Waals surface area contributed by atoms with Crippen molar-refractivity contribution < 1.29 is 4.74 Å². The number of benzene rings is 1. The topological polar surface area (TPSA) is 21.3 Å². The minimum Gasteiger partial charge on any atom is -0.497 e. The summed E-state index contributed by atoms with van der Waals surface area (Å²) in [6.07, 6.45) is 3.75. The third-order valence-electron chi connectivity index (χ3n) is 2.96. The number of nitrogens with one attached hydrogen (secondary N) is 1. The third-order valence-corrected chi connectivity index (χ3v) is 4.35. The van der Waals surface area contributed by atoms with Crippen molar-refractivity contribution in [2.24, 2.45) is 0 Å². The van der Waals surface area contributed by atoms with E-state index in [1.165, 1.54) is 29.7 Å². The largest absolute Gasteiger partial charge is 0.497 e. The molecule has 0 amide bonds. The molecule has 1 aliphatic heterocycles. The van der Waals surface area contributed by atoms with Gasteiger partial charge in [0.1, 0.15) is 5.75 Å².